The Morgan fingerprint density at radius 1 is 1.26 bits per heavy atom. The Morgan fingerprint density at radius 3 is 2.71 bits per heavy atom. The lowest BCUT2D eigenvalue weighted by Gasteiger charge is -2.24. The number of rotatable bonds is 8. The van der Waals surface area contributed by atoms with Crippen LogP contribution in [-0.2, 0) is 11.2 Å². The molecule has 2 fully saturated rings. The molecule has 0 radical (unpaired) electrons. The molecule has 190 valence electrons. The molecule has 3 N–H and O–H groups in total. The van der Waals surface area contributed by atoms with Gasteiger partial charge >= 0.3 is 0 Å². The van der Waals surface area contributed by atoms with Gasteiger partial charge in [-0.1, -0.05) is 19.1 Å². The third-order valence-corrected chi connectivity index (χ3v) is 7.13. The van der Waals surface area contributed by atoms with Crippen LogP contribution in [0.1, 0.15) is 65.5 Å². The second kappa shape index (κ2) is 11.0. The molecule has 8 heteroatoms. The minimum atomic E-state index is -0.756. The molecule has 4 rings (SSSR count). The molecular formula is C27H40N6O2. The summed E-state index contributed by atoms with van der Waals surface area (Å²) in [4.78, 5) is 29.1. The fraction of sp³-hybridized carbons (Fsp3) is 0.630. The number of aliphatic imine (C=N–C) groups is 1. The number of nitrogens with zero attached hydrogens (tertiary/aromatic N) is 4. The van der Waals surface area contributed by atoms with E-state index in [-0.39, 0.29) is 11.8 Å². The van der Waals surface area contributed by atoms with Gasteiger partial charge < -0.3 is 20.6 Å². The number of fused-ring (bicyclic) bond motifs is 1. The van der Waals surface area contributed by atoms with E-state index in [9.17, 15) is 9.90 Å². The quantitative estimate of drug-likeness (QED) is 0.493. The summed E-state index contributed by atoms with van der Waals surface area (Å²) in [6, 6.07) is 0. The van der Waals surface area contributed by atoms with E-state index in [1.165, 1.54) is 5.57 Å². The molecule has 3 heterocycles. The summed E-state index contributed by atoms with van der Waals surface area (Å²) >= 11 is 0. The van der Waals surface area contributed by atoms with Crippen LogP contribution in [0.15, 0.2) is 34.7 Å². The zero-order valence-electron chi connectivity index (χ0n) is 21.6. The van der Waals surface area contributed by atoms with Crippen molar-refractivity contribution in [2.45, 2.75) is 71.8 Å². The van der Waals surface area contributed by atoms with Gasteiger partial charge in [-0.3, -0.25) is 4.79 Å². The van der Waals surface area contributed by atoms with Crippen LogP contribution in [-0.4, -0.2) is 58.5 Å². The lowest BCUT2D eigenvalue weighted by Crippen LogP contribution is -2.38. The molecule has 1 atom stereocenters. The molecule has 3 aliphatic rings. The molecule has 0 saturated carbocycles. The standard InChI is InChI=1S/C27H40N6O2/c1-5-22-24(32-18(2)26(34)29-15-19-10-12-28-13-11-19)25(31-17-30-22)33-16-20(14-27(3,4)35)21-8-6-7-9-23(21)33/h8-9,17,19-20,28,35H,5-7,10-16H2,1-4H3,(H,29,34). The zero-order valence-corrected chi connectivity index (χ0v) is 21.6. The third kappa shape index (κ3) is 6.16. The van der Waals surface area contributed by atoms with Crippen LogP contribution < -0.4 is 15.5 Å². The molecule has 0 aromatic carbocycles. The van der Waals surface area contributed by atoms with Crippen molar-refractivity contribution in [2.24, 2.45) is 16.8 Å². The van der Waals surface area contributed by atoms with Crippen LogP contribution in [0.5, 0.6) is 0 Å². The van der Waals surface area contributed by atoms with E-state index in [0.29, 0.717) is 36.7 Å². The van der Waals surface area contributed by atoms with Crippen molar-refractivity contribution < 1.29 is 9.90 Å². The SMILES string of the molecule is CCc1ncnc(N2CC(CC(C)(C)O)C3=CCCC=C32)c1N=C(C)C(=O)NCC1CCNCC1. The molecule has 0 bridgehead atoms. The van der Waals surface area contributed by atoms with Gasteiger partial charge in [0.2, 0.25) is 0 Å². The van der Waals surface area contributed by atoms with Crippen LogP contribution in [0.2, 0.25) is 0 Å². The number of amides is 1. The molecule has 0 spiro atoms. The summed E-state index contributed by atoms with van der Waals surface area (Å²) in [5, 5.41) is 17.0. The molecular weight excluding hydrogens is 440 g/mol. The van der Waals surface area contributed by atoms with Crippen molar-refractivity contribution in [3.8, 4) is 0 Å². The van der Waals surface area contributed by atoms with Crippen molar-refractivity contribution in [1.29, 1.82) is 0 Å². The first-order valence-corrected chi connectivity index (χ1v) is 13.1. The van der Waals surface area contributed by atoms with Crippen LogP contribution in [0.4, 0.5) is 11.5 Å². The minimum Gasteiger partial charge on any atom is -0.390 e. The van der Waals surface area contributed by atoms with Gasteiger partial charge in [0, 0.05) is 24.7 Å². The fourth-order valence-corrected chi connectivity index (χ4v) is 5.36. The number of hydrogen-bond donors (Lipinski definition) is 3. The smallest absolute Gasteiger partial charge is 0.265 e. The Hall–Kier alpha value is -2.58. The lowest BCUT2D eigenvalue weighted by atomic mass is 9.87. The maximum absolute atomic E-state index is 12.9. The van der Waals surface area contributed by atoms with Gasteiger partial charge in [0.25, 0.3) is 5.91 Å². The summed E-state index contributed by atoms with van der Waals surface area (Å²) in [7, 11) is 0. The normalized spacial score (nSPS) is 21.5. The molecule has 1 aromatic rings. The number of hydrogen-bond acceptors (Lipinski definition) is 7. The summed E-state index contributed by atoms with van der Waals surface area (Å²) < 4.78 is 0. The van der Waals surface area contributed by atoms with E-state index in [0.717, 1.165) is 62.5 Å². The molecule has 35 heavy (non-hydrogen) atoms. The van der Waals surface area contributed by atoms with Crippen molar-refractivity contribution in [3.05, 3.63) is 35.4 Å². The zero-order chi connectivity index (χ0) is 25.0. The third-order valence-electron chi connectivity index (χ3n) is 7.13. The molecule has 1 amide bonds. The predicted molar refractivity (Wildman–Crippen MR) is 140 cm³/mol. The summed E-state index contributed by atoms with van der Waals surface area (Å²) in [6.45, 7) is 11.0. The van der Waals surface area contributed by atoms with Crippen molar-refractivity contribution >= 4 is 23.1 Å². The van der Waals surface area contributed by atoms with Gasteiger partial charge in [0.05, 0.1) is 11.3 Å². The highest BCUT2D eigenvalue weighted by Crippen LogP contribution is 2.44. The predicted octanol–water partition coefficient (Wildman–Crippen LogP) is 3.45. The van der Waals surface area contributed by atoms with E-state index < -0.39 is 5.60 Å². The Kier molecular flexibility index (Phi) is 8.02. The van der Waals surface area contributed by atoms with Crippen LogP contribution in [0.3, 0.4) is 0 Å². The van der Waals surface area contributed by atoms with Crippen molar-refractivity contribution in [3.63, 3.8) is 0 Å². The molecule has 8 nitrogen and oxygen atoms in total. The second-order valence-corrected chi connectivity index (χ2v) is 10.6. The maximum Gasteiger partial charge on any atom is 0.265 e. The molecule has 1 aromatic heterocycles. The number of aromatic nitrogens is 2. The highest BCUT2D eigenvalue weighted by atomic mass is 16.3. The molecule has 2 saturated heterocycles. The highest BCUT2D eigenvalue weighted by Gasteiger charge is 2.38. The average molecular weight is 481 g/mol. The maximum atomic E-state index is 12.9. The van der Waals surface area contributed by atoms with Crippen molar-refractivity contribution in [1.82, 2.24) is 20.6 Å². The monoisotopic (exact) mass is 480 g/mol. The van der Waals surface area contributed by atoms with E-state index in [4.69, 9.17) is 4.99 Å². The van der Waals surface area contributed by atoms with E-state index in [2.05, 4.69) is 37.7 Å². The Balaban J connectivity index is 1.60. The van der Waals surface area contributed by atoms with E-state index in [1.807, 2.05) is 20.8 Å². The fourth-order valence-electron chi connectivity index (χ4n) is 5.36. The number of piperidine rings is 1. The highest BCUT2D eigenvalue weighted by molar-refractivity contribution is 6.38. The lowest BCUT2D eigenvalue weighted by molar-refractivity contribution is -0.115. The largest absolute Gasteiger partial charge is 0.390 e. The van der Waals surface area contributed by atoms with Crippen molar-refractivity contribution in [2.75, 3.05) is 31.1 Å². The number of anilines is 1. The minimum absolute atomic E-state index is 0.140. The summed E-state index contributed by atoms with van der Waals surface area (Å²) in [5.41, 5.74) is 3.59. The summed E-state index contributed by atoms with van der Waals surface area (Å²) in [6.07, 6.45) is 11.7. The van der Waals surface area contributed by atoms with Gasteiger partial charge in [-0.15, -0.1) is 0 Å². The van der Waals surface area contributed by atoms with Crippen LogP contribution in [0.25, 0.3) is 0 Å². The van der Waals surface area contributed by atoms with Gasteiger partial charge in [-0.25, -0.2) is 15.0 Å². The Morgan fingerprint density at radius 2 is 2.00 bits per heavy atom. The second-order valence-electron chi connectivity index (χ2n) is 10.6. The van der Waals surface area contributed by atoms with Gasteiger partial charge in [-0.05, 0) is 83.9 Å². The van der Waals surface area contributed by atoms with Gasteiger partial charge in [0.15, 0.2) is 5.82 Å². The Bertz CT molecular complexity index is 1020. The van der Waals surface area contributed by atoms with Crippen LogP contribution >= 0.6 is 0 Å². The number of nitrogens with one attached hydrogen (secondary N) is 2. The van der Waals surface area contributed by atoms with Crippen LogP contribution in [0, 0.1) is 11.8 Å². The first-order valence-electron chi connectivity index (χ1n) is 13.1. The Labute approximate surface area is 209 Å². The van der Waals surface area contributed by atoms with E-state index >= 15 is 0 Å². The molecule has 2 aliphatic heterocycles. The number of allylic oxidation sites excluding steroid dienone is 3. The number of carbonyl (C=O) groups excluding carboxylic acids is 1. The number of carbonyl (C=O) groups is 1. The number of aliphatic hydroxyl groups is 1. The average Bonchev–Trinajstić information content (AvgIpc) is 3.20. The first kappa shape index (κ1) is 25.5. The van der Waals surface area contributed by atoms with Gasteiger partial charge in [0.1, 0.15) is 17.7 Å². The van der Waals surface area contributed by atoms with Gasteiger partial charge in [-0.2, -0.15) is 0 Å². The topological polar surface area (TPSA) is 103 Å². The number of aryl methyl sites for hydroxylation is 1. The first-order chi connectivity index (χ1) is 16.8. The molecule has 1 aliphatic carbocycles. The molecule has 1 unspecified atom stereocenters. The van der Waals surface area contributed by atoms with E-state index in [1.54, 1.807) is 13.3 Å². The summed E-state index contributed by atoms with van der Waals surface area (Å²) in [5.74, 6) is 1.32.